The summed E-state index contributed by atoms with van der Waals surface area (Å²) in [4.78, 5) is 12.3. The van der Waals surface area contributed by atoms with Crippen LogP contribution in [0.1, 0.15) is 47.0 Å². The summed E-state index contributed by atoms with van der Waals surface area (Å²) in [6, 6.07) is 7.16. The van der Waals surface area contributed by atoms with Crippen molar-refractivity contribution >= 4 is 17.5 Å². The number of hydrogen-bond acceptors (Lipinski definition) is 3. The zero-order chi connectivity index (χ0) is 14.8. The van der Waals surface area contributed by atoms with Gasteiger partial charge in [0.25, 0.3) is 5.91 Å². The topological polar surface area (TPSA) is 59.8 Å². The van der Waals surface area contributed by atoms with Crippen LogP contribution in [0.3, 0.4) is 0 Å². The van der Waals surface area contributed by atoms with Crippen molar-refractivity contribution in [3.05, 3.63) is 47.0 Å². The standard InChI is InChI=1S/C15H17ClN4O/c1-10(14-19-18-13-6-3-7-20(13)14)17-15(21)12-5-2-4-11(8-12)9-16/h2,4-5,8,10H,3,6-7,9H2,1H3,(H,17,21). The largest absolute Gasteiger partial charge is 0.342 e. The second kappa shape index (κ2) is 5.85. The number of carbonyl (C=O) groups excluding carboxylic acids is 1. The zero-order valence-corrected chi connectivity index (χ0v) is 12.6. The summed E-state index contributed by atoms with van der Waals surface area (Å²) >= 11 is 5.80. The molecule has 1 atom stereocenters. The summed E-state index contributed by atoms with van der Waals surface area (Å²) in [6.07, 6.45) is 2.06. The van der Waals surface area contributed by atoms with Crippen molar-refractivity contribution in [2.45, 2.75) is 38.2 Å². The maximum atomic E-state index is 12.3. The number of alkyl halides is 1. The van der Waals surface area contributed by atoms with Crippen LogP contribution < -0.4 is 5.32 Å². The average molecular weight is 305 g/mol. The van der Waals surface area contributed by atoms with Crippen LogP contribution in [0, 0.1) is 0 Å². The van der Waals surface area contributed by atoms with Gasteiger partial charge in [-0.05, 0) is 31.0 Å². The maximum Gasteiger partial charge on any atom is 0.251 e. The molecule has 0 radical (unpaired) electrons. The van der Waals surface area contributed by atoms with Crippen LogP contribution in [0.2, 0.25) is 0 Å². The molecule has 3 rings (SSSR count). The molecule has 0 saturated carbocycles. The maximum absolute atomic E-state index is 12.3. The third-order valence-electron chi connectivity index (χ3n) is 3.72. The highest BCUT2D eigenvalue weighted by molar-refractivity contribution is 6.17. The predicted molar refractivity (Wildman–Crippen MR) is 80.2 cm³/mol. The number of rotatable bonds is 4. The quantitative estimate of drug-likeness (QED) is 0.883. The minimum absolute atomic E-state index is 0.121. The summed E-state index contributed by atoms with van der Waals surface area (Å²) < 4.78 is 2.10. The van der Waals surface area contributed by atoms with E-state index in [-0.39, 0.29) is 11.9 Å². The normalized spacial score (nSPS) is 14.8. The molecule has 1 aromatic carbocycles. The highest BCUT2D eigenvalue weighted by Gasteiger charge is 2.22. The van der Waals surface area contributed by atoms with E-state index in [0.717, 1.165) is 36.6 Å². The molecule has 6 heteroatoms. The van der Waals surface area contributed by atoms with Crippen molar-refractivity contribution in [2.24, 2.45) is 0 Å². The van der Waals surface area contributed by atoms with Gasteiger partial charge in [-0.25, -0.2) is 0 Å². The van der Waals surface area contributed by atoms with Crippen molar-refractivity contribution in [3.8, 4) is 0 Å². The van der Waals surface area contributed by atoms with Crippen molar-refractivity contribution < 1.29 is 4.79 Å². The first-order valence-electron chi connectivity index (χ1n) is 7.07. The minimum atomic E-state index is -0.170. The Bertz CT molecular complexity index is 667. The Morgan fingerprint density at radius 3 is 3.14 bits per heavy atom. The van der Waals surface area contributed by atoms with Gasteiger partial charge in [-0.2, -0.15) is 0 Å². The molecule has 5 nitrogen and oxygen atoms in total. The number of amides is 1. The summed E-state index contributed by atoms with van der Waals surface area (Å²) in [5, 5.41) is 11.3. The lowest BCUT2D eigenvalue weighted by atomic mass is 10.1. The lowest BCUT2D eigenvalue weighted by Crippen LogP contribution is -2.28. The third-order valence-corrected chi connectivity index (χ3v) is 4.03. The Kier molecular flexibility index (Phi) is 3.92. The molecule has 0 aliphatic carbocycles. The van der Waals surface area contributed by atoms with E-state index < -0.39 is 0 Å². The molecule has 110 valence electrons. The molecule has 2 aromatic rings. The first kappa shape index (κ1) is 14.1. The van der Waals surface area contributed by atoms with E-state index in [2.05, 4.69) is 20.1 Å². The molecule has 1 aromatic heterocycles. The molecule has 0 spiro atoms. The summed E-state index contributed by atoms with van der Waals surface area (Å²) in [5.74, 6) is 2.11. The second-order valence-electron chi connectivity index (χ2n) is 5.26. The Hall–Kier alpha value is -1.88. The van der Waals surface area contributed by atoms with E-state index in [9.17, 15) is 4.79 Å². The monoisotopic (exact) mass is 304 g/mol. The Morgan fingerprint density at radius 2 is 2.33 bits per heavy atom. The summed E-state index contributed by atoms with van der Waals surface area (Å²) in [7, 11) is 0. The van der Waals surface area contributed by atoms with Crippen LogP contribution in [-0.2, 0) is 18.8 Å². The van der Waals surface area contributed by atoms with Crippen LogP contribution in [0.5, 0.6) is 0 Å². The van der Waals surface area contributed by atoms with Gasteiger partial charge in [-0.1, -0.05) is 12.1 Å². The van der Waals surface area contributed by atoms with E-state index in [1.165, 1.54) is 0 Å². The smallest absolute Gasteiger partial charge is 0.251 e. The predicted octanol–water partition coefficient (Wildman–Crippen LogP) is 2.45. The molecule has 0 saturated heterocycles. The Labute approximate surface area is 128 Å². The summed E-state index contributed by atoms with van der Waals surface area (Å²) in [6.45, 7) is 2.86. The van der Waals surface area contributed by atoms with Gasteiger partial charge in [0, 0.05) is 24.4 Å². The van der Waals surface area contributed by atoms with Crippen molar-refractivity contribution in [1.82, 2.24) is 20.1 Å². The number of aryl methyl sites for hydroxylation is 1. The molecule has 0 fully saturated rings. The van der Waals surface area contributed by atoms with Gasteiger partial charge in [0.15, 0.2) is 5.82 Å². The number of carbonyl (C=O) groups is 1. The molecule has 1 unspecified atom stereocenters. The van der Waals surface area contributed by atoms with E-state index in [4.69, 9.17) is 11.6 Å². The van der Waals surface area contributed by atoms with Crippen molar-refractivity contribution in [3.63, 3.8) is 0 Å². The first-order valence-corrected chi connectivity index (χ1v) is 7.60. The van der Waals surface area contributed by atoms with Gasteiger partial charge in [-0.3, -0.25) is 4.79 Å². The number of nitrogens with zero attached hydrogens (tertiary/aromatic N) is 3. The number of halogens is 1. The van der Waals surface area contributed by atoms with Gasteiger partial charge >= 0.3 is 0 Å². The summed E-state index contributed by atoms with van der Waals surface area (Å²) in [5.41, 5.74) is 1.54. The molecule has 1 aliphatic heterocycles. The molecular formula is C15H17ClN4O. The Balaban J connectivity index is 1.74. The molecule has 2 heterocycles. The SMILES string of the molecule is CC(NC(=O)c1cccc(CCl)c1)c1nnc2n1CCC2. The van der Waals surface area contributed by atoms with Crippen LogP contribution >= 0.6 is 11.6 Å². The van der Waals surface area contributed by atoms with Crippen LogP contribution in [0.4, 0.5) is 0 Å². The number of nitrogens with one attached hydrogen (secondary N) is 1. The van der Waals surface area contributed by atoms with Crippen LogP contribution in [0.25, 0.3) is 0 Å². The fraction of sp³-hybridized carbons (Fsp3) is 0.400. The molecular weight excluding hydrogens is 288 g/mol. The molecule has 1 amide bonds. The lowest BCUT2D eigenvalue weighted by molar-refractivity contribution is 0.0937. The van der Waals surface area contributed by atoms with Crippen LogP contribution in [-0.4, -0.2) is 20.7 Å². The lowest BCUT2D eigenvalue weighted by Gasteiger charge is -2.14. The average Bonchev–Trinajstić information content (AvgIpc) is 3.09. The van der Waals surface area contributed by atoms with Crippen molar-refractivity contribution in [2.75, 3.05) is 0 Å². The molecule has 21 heavy (non-hydrogen) atoms. The van der Waals surface area contributed by atoms with E-state index >= 15 is 0 Å². The van der Waals surface area contributed by atoms with E-state index in [1.807, 2.05) is 25.1 Å². The highest BCUT2D eigenvalue weighted by atomic mass is 35.5. The van der Waals surface area contributed by atoms with Crippen LogP contribution in [0.15, 0.2) is 24.3 Å². The third kappa shape index (κ3) is 2.78. The first-order chi connectivity index (χ1) is 10.2. The van der Waals surface area contributed by atoms with Gasteiger partial charge in [0.1, 0.15) is 5.82 Å². The highest BCUT2D eigenvalue weighted by Crippen LogP contribution is 2.19. The number of aromatic nitrogens is 3. The van der Waals surface area contributed by atoms with Gasteiger partial charge in [0.2, 0.25) is 0 Å². The number of fused-ring (bicyclic) bond motifs is 1. The van der Waals surface area contributed by atoms with Gasteiger partial charge < -0.3 is 9.88 Å². The fourth-order valence-corrected chi connectivity index (χ4v) is 2.80. The van der Waals surface area contributed by atoms with Crippen molar-refractivity contribution in [1.29, 1.82) is 0 Å². The van der Waals surface area contributed by atoms with Gasteiger partial charge in [-0.15, -0.1) is 21.8 Å². The fourth-order valence-electron chi connectivity index (χ4n) is 2.63. The zero-order valence-electron chi connectivity index (χ0n) is 11.8. The Morgan fingerprint density at radius 1 is 1.48 bits per heavy atom. The molecule has 0 bridgehead atoms. The van der Waals surface area contributed by atoms with Gasteiger partial charge in [0.05, 0.1) is 6.04 Å². The molecule has 1 N–H and O–H groups in total. The number of benzene rings is 1. The van der Waals surface area contributed by atoms with E-state index in [1.54, 1.807) is 6.07 Å². The molecule has 1 aliphatic rings. The van der Waals surface area contributed by atoms with E-state index in [0.29, 0.717) is 11.4 Å². The number of hydrogen-bond donors (Lipinski definition) is 1. The second-order valence-corrected chi connectivity index (χ2v) is 5.53. The minimum Gasteiger partial charge on any atom is -0.342 e.